The lowest BCUT2D eigenvalue weighted by atomic mass is 10.1. The lowest BCUT2D eigenvalue weighted by molar-refractivity contribution is 0.301. The van der Waals surface area contributed by atoms with Crippen LogP contribution >= 0.6 is 0 Å². The second-order valence-corrected chi connectivity index (χ2v) is 15.0. The molecule has 30 heavy (non-hydrogen) atoms. The summed E-state index contributed by atoms with van der Waals surface area (Å²) >= 11 is 0. The van der Waals surface area contributed by atoms with Crippen molar-refractivity contribution in [3.05, 3.63) is 54.0 Å². The third-order valence-electron chi connectivity index (χ3n) is 6.70. The largest absolute Gasteiger partial charge is 0.415 e. The number of nitrogens with zero attached hydrogens (tertiary/aromatic N) is 2. The molecule has 4 nitrogen and oxygen atoms in total. The summed E-state index contributed by atoms with van der Waals surface area (Å²) in [5.74, 6) is 0.671. The van der Waals surface area contributed by atoms with Gasteiger partial charge in [-0.2, -0.15) is 0 Å². The van der Waals surface area contributed by atoms with E-state index in [9.17, 15) is 0 Å². The van der Waals surface area contributed by atoms with E-state index in [1.54, 1.807) is 0 Å². The lowest BCUT2D eigenvalue weighted by Gasteiger charge is -2.36. The standard InChI is InChI=1S/C25H35N3OSi/c1-18-7-10-22(17-27-18)28-13-11-20-15-21(16-23(24(20)28)19-8-9-19)26-12-14-29-30(5,6)25(2,3)4/h7,10-11,13,15-17,19,26H,8-9,12,14H2,1-6H3. The average molecular weight is 422 g/mol. The average Bonchev–Trinajstić information content (AvgIpc) is 3.44. The topological polar surface area (TPSA) is 39.1 Å². The zero-order valence-corrected chi connectivity index (χ0v) is 20.2. The Morgan fingerprint density at radius 1 is 1.17 bits per heavy atom. The summed E-state index contributed by atoms with van der Waals surface area (Å²) in [4.78, 5) is 4.49. The van der Waals surface area contributed by atoms with Crippen molar-refractivity contribution < 1.29 is 4.43 Å². The molecule has 2 aromatic heterocycles. The molecule has 5 heteroatoms. The summed E-state index contributed by atoms with van der Waals surface area (Å²) in [6.45, 7) is 15.1. The first-order chi connectivity index (χ1) is 14.2. The molecule has 0 radical (unpaired) electrons. The predicted molar refractivity (Wildman–Crippen MR) is 129 cm³/mol. The summed E-state index contributed by atoms with van der Waals surface area (Å²) < 4.78 is 8.62. The molecule has 3 aromatic rings. The van der Waals surface area contributed by atoms with E-state index in [1.165, 1.54) is 35.0 Å². The van der Waals surface area contributed by atoms with Crippen molar-refractivity contribution in [2.75, 3.05) is 18.5 Å². The smallest absolute Gasteiger partial charge is 0.192 e. The fourth-order valence-electron chi connectivity index (χ4n) is 3.66. The predicted octanol–water partition coefficient (Wildman–Crippen LogP) is 6.65. The van der Waals surface area contributed by atoms with Crippen LogP contribution in [-0.2, 0) is 4.43 Å². The number of benzene rings is 1. The molecule has 1 aromatic carbocycles. The van der Waals surface area contributed by atoms with Crippen molar-refractivity contribution in [1.82, 2.24) is 9.55 Å². The van der Waals surface area contributed by atoms with Crippen LogP contribution in [0.3, 0.4) is 0 Å². The summed E-state index contributed by atoms with van der Waals surface area (Å²) in [6, 6.07) is 11.1. The van der Waals surface area contributed by atoms with E-state index in [2.05, 4.69) is 85.3 Å². The van der Waals surface area contributed by atoms with Crippen LogP contribution in [0, 0.1) is 6.92 Å². The maximum absolute atomic E-state index is 6.33. The molecule has 1 aliphatic rings. The van der Waals surface area contributed by atoms with Crippen LogP contribution in [0.25, 0.3) is 16.6 Å². The van der Waals surface area contributed by atoms with Gasteiger partial charge in [0.05, 0.1) is 24.0 Å². The number of anilines is 1. The molecule has 160 valence electrons. The second-order valence-electron chi connectivity index (χ2n) is 10.2. The van der Waals surface area contributed by atoms with E-state index in [1.807, 2.05) is 13.1 Å². The van der Waals surface area contributed by atoms with Gasteiger partial charge in [0.1, 0.15) is 0 Å². The number of nitrogens with one attached hydrogen (secondary N) is 1. The molecule has 4 rings (SSSR count). The fraction of sp³-hybridized carbons (Fsp3) is 0.480. The molecule has 1 aliphatic carbocycles. The van der Waals surface area contributed by atoms with Crippen LogP contribution in [0.5, 0.6) is 0 Å². The highest BCUT2D eigenvalue weighted by molar-refractivity contribution is 6.74. The normalized spacial score (nSPS) is 15.0. The maximum Gasteiger partial charge on any atom is 0.192 e. The quantitative estimate of drug-likeness (QED) is 0.343. The highest BCUT2D eigenvalue weighted by Gasteiger charge is 2.36. The first-order valence-corrected chi connectivity index (χ1v) is 14.0. The Labute approximate surface area is 181 Å². The highest BCUT2D eigenvalue weighted by atomic mass is 28.4. The minimum atomic E-state index is -1.69. The minimum absolute atomic E-state index is 0.249. The van der Waals surface area contributed by atoms with Crippen molar-refractivity contribution in [2.45, 2.75) is 64.6 Å². The number of fused-ring (bicyclic) bond motifs is 1. The number of aromatic nitrogens is 2. The van der Waals surface area contributed by atoms with Gasteiger partial charge in [0.2, 0.25) is 0 Å². The van der Waals surface area contributed by atoms with Gasteiger partial charge in [-0.1, -0.05) is 20.8 Å². The van der Waals surface area contributed by atoms with Gasteiger partial charge in [-0.05, 0) is 79.7 Å². The van der Waals surface area contributed by atoms with Crippen molar-refractivity contribution in [2.24, 2.45) is 0 Å². The zero-order valence-electron chi connectivity index (χ0n) is 19.2. The van der Waals surface area contributed by atoms with E-state index in [0.29, 0.717) is 5.92 Å². The molecule has 0 aliphatic heterocycles. The third-order valence-corrected chi connectivity index (χ3v) is 11.2. The van der Waals surface area contributed by atoms with E-state index in [4.69, 9.17) is 4.43 Å². The molecule has 1 N–H and O–H groups in total. The van der Waals surface area contributed by atoms with E-state index < -0.39 is 8.32 Å². The molecule has 1 fully saturated rings. The molecule has 0 unspecified atom stereocenters. The molecule has 0 spiro atoms. The number of aryl methyl sites for hydroxylation is 1. The van der Waals surface area contributed by atoms with Gasteiger partial charge in [-0.3, -0.25) is 4.98 Å². The Kier molecular flexibility index (Phi) is 5.53. The van der Waals surface area contributed by atoms with Crippen LogP contribution in [-0.4, -0.2) is 31.0 Å². The molecular weight excluding hydrogens is 386 g/mol. The third kappa shape index (κ3) is 4.32. The van der Waals surface area contributed by atoms with Crippen molar-refractivity contribution in [1.29, 1.82) is 0 Å². The number of hydrogen-bond donors (Lipinski definition) is 1. The first-order valence-electron chi connectivity index (χ1n) is 11.1. The Balaban J connectivity index is 1.54. The number of hydrogen-bond acceptors (Lipinski definition) is 3. The molecule has 0 amide bonds. The van der Waals surface area contributed by atoms with Gasteiger partial charge < -0.3 is 14.3 Å². The van der Waals surface area contributed by atoms with E-state index >= 15 is 0 Å². The summed E-state index contributed by atoms with van der Waals surface area (Å²) in [5, 5.41) is 5.15. The SMILES string of the molecule is Cc1ccc(-n2ccc3cc(NCCO[Si](C)(C)C(C)(C)C)cc(C4CC4)c32)cn1. The van der Waals surface area contributed by atoms with Crippen LogP contribution in [0.15, 0.2) is 42.7 Å². The molecule has 0 bridgehead atoms. The molecular formula is C25H35N3OSi. The lowest BCUT2D eigenvalue weighted by Crippen LogP contribution is -2.41. The Bertz CT molecular complexity index is 1030. The van der Waals surface area contributed by atoms with Crippen molar-refractivity contribution in [3.63, 3.8) is 0 Å². The zero-order chi connectivity index (χ0) is 21.5. The van der Waals surface area contributed by atoms with E-state index in [0.717, 1.165) is 24.5 Å². The first kappa shape index (κ1) is 21.1. The van der Waals surface area contributed by atoms with Gasteiger partial charge in [-0.25, -0.2) is 0 Å². The number of pyridine rings is 1. The summed E-state index contributed by atoms with van der Waals surface area (Å²) in [5.41, 5.74) is 6.14. The van der Waals surface area contributed by atoms with E-state index in [-0.39, 0.29) is 5.04 Å². The van der Waals surface area contributed by atoms with Crippen LogP contribution in [0.4, 0.5) is 5.69 Å². The molecule has 0 atom stereocenters. The van der Waals surface area contributed by atoms with Gasteiger partial charge in [-0.15, -0.1) is 0 Å². The number of rotatable bonds is 7. The van der Waals surface area contributed by atoms with Gasteiger partial charge in [0, 0.05) is 29.5 Å². The Morgan fingerprint density at radius 2 is 1.93 bits per heavy atom. The maximum atomic E-state index is 6.33. The van der Waals surface area contributed by atoms with Gasteiger partial charge in [0.25, 0.3) is 0 Å². The molecule has 2 heterocycles. The summed E-state index contributed by atoms with van der Waals surface area (Å²) in [6.07, 6.45) is 6.71. The van der Waals surface area contributed by atoms with Crippen LogP contribution < -0.4 is 5.32 Å². The molecule has 0 saturated heterocycles. The summed E-state index contributed by atoms with van der Waals surface area (Å²) in [7, 11) is -1.69. The van der Waals surface area contributed by atoms with Crippen LogP contribution in [0.2, 0.25) is 18.1 Å². The second kappa shape index (κ2) is 7.86. The van der Waals surface area contributed by atoms with Crippen LogP contribution in [0.1, 0.15) is 50.8 Å². The van der Waals surface area contributed by atoms with Gasteiger partial charge in [0.15, 0.2) is 8.32 Å². The van der Waals surface area contributed by atoms with Gasteiger partial charge >= 0.3 is 0 Å². The fourth-order valence-corrected chi connectivity index (χ4v) is 4.70. The highest BCUT2D eigenvalue weighted by Crippen LogP contribution is 2.45. The van der Waals surface area contributed by atoms with Crippen molar-refractivity contribution in [3.8, 4) is 5.69 Å². The minimum Gasteiger partial charge on any atom is -0.415 e. The Hall–Kier alpha value is -2.11. The van der Waals surface area contributed by atoms with Crippen molar-refractivity contribution >= 4 is 24.9 Å². The Morgan fingerprint density at radius 3 is 2.57 bits per heavy atom. The molecule has 1 saturated carbocycles. The monoisotopic (exact) mass is 421 g/mol.